The maximum absolute atomic E-state index is 13.6. The number of ether oxygens (including phenoxy) is 1. The molecular formula is C44H71NO3. The van der Waals surface area contributed by atoms with Crippen molar-refractivity contribution < 1.29 is 14.4 Å². The van der Waals surface area contributed by atoms with Gasteiger partial charge in [-0.1, -0.05) is 192 Å². The molecule has 0 aromatic heterocycles. The van der Waals surface area contributed by atoms with E-state index in [1.807, 2.05) is 41.5 Å². The predicted molar refractivity (Wildman–Crippen MR) is 204 cm³/mol. The number of hydrogen-bond acceptors (Lipinski definition) is 4. The second-order valence-electron chi connectivity index (χ2n) is 14.5. The summed E-state index contributed by atoms with van der Waals surface area (Å²) in [4.78, 5) is 19.7. The van der Waals surface area contributed by atoms with Crippen LogP contribution in [0.4, 0.5) is 0 Å². The molecule has 4 nitrogen and oxygen atoms in total. The number of hydrogen-bond donors (Lipinski definition) is 0. The highest BCUT2D eigenvalue weighted by Gasteiger charge is 2.24. The van der Waals surface area contributed by atoms with Crippen LogP contribution in [0.2, 0.25) is 0 Å². The zero-order chi connectivity index (χ0) is 33.9. The zero-order valence-corrected chi connectivity index (χ0v) is 31.2. The highest BCUT2D eigenvalue weighted by molar-refractivity contribution is 5.92. The number of carbonyl (C=O) groups is 1. The number of carbonyl (C=O) groups excluding carboxylic acids is 1. The fraction of sp³-hybridized carbons (Fsp3) is 0.705. The minimum absolute atomic E-state index is 0.251. The maximum Gasteiger partial charge on any atom is 0.357 e. The monoisotopic (exact) mass is 662 g/mol. The van der Waals surface area contributed by atoms with E-state index >= 15 is 0 Å². The summed E-state index contributed by atoms with van der Waals surface area (Å²) in [6.07, 6.45) is 35.5. The van der Waals surface area contributed by atoms with Crippen LogP contribution in [-0.2, 0) is 11.3 Å². The van der Waals surface area contributed by atoms with Gasteiger partial charge in [0.2, 0.25) is 0 Å². The minimum atomic E-state index is -0.251. The Labute approximate surface area is 295 Å². The molecule has 0 spiro atoms. The molecule has 2 aromatic rings. The summed E-state index contributed by atoms with van der Waals surface area (Å²) in [7, 11) is 0. The third kappa shape index (κ3) is 16.9. The van der Waals surface area contributed by atoms with Gasteiger partial charge in [-0.05, 0) is 36.6 Å². The Hall–Kier alpha value is -2.33. The molecule has 0 radical (unpaired) electrons. The molecule has 0 aliphatic carbocycles. The number of rotatable bonds is 30. The van der Waals surface area contributed by atoms with Gasteiger partial charge in [0.1, 0.15) is 11.5 Å². The van der Waals surface area contributed by atoms with Crippen molar-refractivity contribution in [3.05, 3.63) is 59.2 Å². The van der Waals surface area contributed by atoms with Gasteiger partial charge in [-0.25, -0.2) is 4.79 Å². The maximum atomic E-state index is 13.6. The average molecular weight is 662 g/mol. The van der Waals surface area contributed by atoms with E-state index in [-0.39, 0.29) is 5.97 Å². The van der Waals surface area contributed by atoms with Crippen LogP contribution in [0.1, 0.15) is 202 Å². The third-order valence-corrected chi connectivity index (χ3v) is 10.1. The molecule has 270 valence electrons. The Morgan fingerprint density at radius 2 is 0.958 bits per heavy atom. The van der Waals surface area contributed by atoms with Crippen molar-refractivity contribution in [2.24, 2.45) is 0 Å². The summed E-state index contributed by atoms with van der Waals surface area (Å²) >= 11 is 0. The zero-order valence-electron chi connectivity index (χ0n) is 31.2. The lowest BCUT2D eigenvalue weighted by atomic mass is 9.96. The molecule has 0 atom stereocenters. The van der Waals surface area contributed by atoms with Gasteiger partial charge in [-0.2, -0.15) is 0 Å². The Bertz CT molecular complexity index is 1070. The van der Waals surface area contributed by atoms with Crippen LogP contribution >= 0.6 is 0 Å². The van der Waals surface area contributed by atoms with Crippen LogP contribution in [-0.4, -0.2) is 24.1 Å². The minimum Gasteiger partial charge on any atom is -0.457 e. The van der Waals surface area contributed by atoms with E-state index < -0.39 is 0 Å². The largest absolute Gasteiger partial charge is 0.457 e. The van der Waals surface area contributed by atoms with Gasteiger partial charge in [0.25, 0.3) is 0 Å². The van der Waals surface area contributed by atoms with Crippen LogP contribution < -0.4 is 4.74 Å². The molecule has 0 unspecified atom stereocenters. The molecular weight excluding hydrogens is 590 g/mol. The molecule has 0 saturated heterocycles. The molecule has 2 aromatic carbocycles. The number of benzene rings is 2. The molecule has 1 aliphatic heterocycles. The summed E-state index contributed by atoms with van der Waals surface area (Å²) < 4.78 is 6.16. The van der Waals surface area contributed by atoms with Crippen molar-refractivity contribution >= 4 is 5.97 Å². The molecule has 0 bridgehead atoms. The average Bonchev–Trinajstić information content (AvgIpc) is 3.10. The molecule has 1 heterocycles. The van der Waals surface area contributed by atoms with Gasteiger partial charge < -0.3 is 9.57 Å². The Morgan fingerprint density at radius 1 is 0.542 bits per heavy atom. The van der Waals surface area contributed by atoms with Gasteiger partial charge in [-0.3, -0.25) is 0 Å². The highest BCUT2D eigenvalue weighted by Crippen LogP contribution is 2.38. The van der Waals surface area contributed by atoms with Crippen molar-refractivity contribution in [3.63, 3.8) is 0 Å². The first kappa shape index (κ1) is 40.1. The lowest BCUT2D eigenvalue weighted by molar-refractivity contribution is -0.111. The van der Waals surface area contributed by atoms with Crippen molar-refractivity contribution in [1.29, 1.82) is 0 Å². The predicted octanol–water partition coefficient (Wildman–Crippen LogP) is 13.9. The summed E-state index contributed by atoms with van der Waals surface area (Å²) in [5.74, 6) is 1.39. The summed E-state index contributed by atoms with van der Waals surface area (Å²) in [6, 6.07) is 13.9. The standard InChI is InChI=1S/C44H71NO3/c1-3-5-7-9-11-13-15-17-19-21-23-25-29-36-45(37-30-26-24-22-20-18-16-14-12-10-8-6-4-2)48-44(46)40-33-31-35-43-41(40)38-39-32-27-28-34-42(39)47-43/h27-28,31-35H,3-26,29-30,36-38H2,1-2H3. The first-order valence-electron chi connectivity index (χ1n) is 20.6. The quantitative estimate of drug-likeness (QED) is 0.0526. The highest BCUT2D eigenvalue weighted by atomic mass is 16.7. The smallest absolute Gasteiger partial charge is 0.357 e. The number of fused-ring (bicyclic) bond motifs is 2. The van der Waals surface area contributed by atoms with Crippen molar-refractivity contribution in [2.45, 2.75) is 187 Å². The normalized spacial score (nSPS) is 12.1. The molecule has 0 N–H and O–H groups in total. The first-order valence-corrected chi connectivity index (χ1v) is 20.6. The van der Waals surface area contributed by atoms with E-state index in [2.05, 4.69) is 19.9 Å². The lowest BCUT2D eigenvalue weighted by Crippen LogP contribution is -2.30. The second kappa shape index (κ2) is 26.5. The van der Waals surface area contributed by atoms with E-state index in [9.17, 15) is 4.79 Å². The van der Waals surface area contributed by atoms with Gasteiger partial charge in [0.15, 0.2) is 0 Å². The van der Waals surface area contributed by atoms with Crippen molar-refractivity contribution in [3.8, 4) is 11.5 Å². The molecule has 0 fully saturated rings. The Balaban J connectivity index is 1.37. The van der Waals surface area contributed by atoms with E-state index in [4.69, 9.17) is 9.57 Å². The Morgan fingerprint density at radius 3 is 1.44 bits per heavy atom. The number of hydroxylamine groups is 2. The van der Waals surface area contributed by atoms with Crippen LogP contribution in [0.3, 0.4) is 0 Å². The van der Waals surface area contributed by atoms with E-state index in [1.165, 1.54) is 154 Å². The number of para-hydroxylation sites is 1. The lowest BCUT2D eigenvalue weighted by Gasteiger charge is -2.24. The van der Waals surface area contributed by atoms with Gasteiger partial charge in [0, 0.05) is 25.1 Å². The summed E-state index contributed by atoms with van der Waals surface area (Å²) in [5, 5.41) is 1.97. The molecule has 3 rings (SSSR count). The SMILES string of the molecule is CCCCCCCCCCCCCCCN(CCCCCCCCCCCCCCC)OC(=O)c1cccc2c1Cc1ccccc1O2. The van der Waals surface area contributed by atoms with E-state index in [1.54, 1.807) is 0 Å². The third-order valence-electron chi connectivity index (χ3n) is 10.1. The summed E-state index contributed by atoms with van der Waals surface area (Å²) in [5.41, 5.74) is 2.67. The Kier molecular flexibility index (Phi) is 22.2. The summed E-state index contributed by atoms with van der Waals surface area (Å²) in [6.45, 7) is 6.21. The van der Waals surface area contributed by atoms with Crippen LogP contribution in [0.5, 0.6) is 11.5 Å². The van der Waals surface area contributed by atoms with Crippen LogP contribution in [0.15, 0.2) is 42.5 Å². The first-order chi connectivity index (χ1) is 23.7. The molecule has 48 heavy (non-hydrogen) atoms. The molecule has 0 amide bonds. The van der Waals surface area contributed by atoms with Gasteiger partial charge in [-0.15, -0.1) is 5.06 Å². The fourth-order valence-corrected chi connectivity index (χ4v) is 7.07. The fourth-order valence-electron chi connectivity index (χ4n) is 7.07. The van der Waals surface area contributed by atoms with E-state index in [0.29, 0.717) is 12.0 Å². The van der Waals surface area contributed by atoms with Gasteiger partial charge >= 0.3 is 5.97 Å². The van der Waals surface area contributed by atoms with Crippen molar-refractivity contribution in [2.75, 3.05) is 13.1 Å². The van der Waals surface area contributed by atoms with Crippen LogP contribution in [0.25, 0.3) is 0 Å². The van der Waals surface area contributed by atoms with Gasteiger partial charge in [0.05, 0.1) is 5.56 Å². The second-order valence-corrected chi connectivity index (χ2v) is 14.5. The van der Waals surface area contributed by atoms with E-state index in [0.717, 1.165) is 48.6 Å². The van der Waals surface area contributed by atoms with Crippen LogP contribution in [0, 0.1) is 0 Å². The van der Waals surface area contributed by atoms with Crippen molar-refractivity contribution in [1.82, 2.24) is 5.06 Å². The topological polar surface area (TPSA) is 38.8 Å². The molecule has 4 heteroatoms. The number of unbranched alkanes of at least 4 members (excludes halogenated alkanes) is 24. The number of nitrogens with zero attached hydrogens (tertiary/aromatic N) is 1. The molecule has 0 saturated carbocycles. The molecule has 1 aliphatic rings.